The first kappa shape index (κ1) is 14.1. The van der Waals surface area contributed by atoms with Crippen LogP contribution in [-0.2, 0) is 6.54 Å². The lowest BCUT2D eigenvalue weighted by Gasteiger charge is -2.23. The lowest BCUT2D eigenvalue weighted by molar-refractivity contribution is 0.0660. The molecule has 0 spiro atoms. The van der Waals surface area contributed by atoms with Gasteiger partial charge in [-0.25, -0.2) is 4.79 Å². The topological polar surface area (TPSA) is 65.7 Å². The van der Waals surface area contributed by atoms with Crippen LogP contribution >= 0.6 is 0 Å². The summed E-state index contributed by atoms with van der Waals surface area (Å²) in [6.07, 6.45) is 5.34. The molecule has 0 radical (unpaired) electrons. The van der Waals surface area contributed by atoms with Crippen LogP contribution in [0.5, 0.6) is 0 Å². The first-order valence-corrected chi connectivity index (χ1v) is 6.90. The van der Waals surface area contributed by atoms with Gasteiger partial charge in [0, 0.05) is 19.1 Å². The van der Waals surface area contributed by atoms with E-state index in [1.807, 2.05) is 0 Å². The zero-order chi connectivity index (χ0) is 13.7. The van der Waals surface area contributed by atoms with Gasteiger partial charge in [-0.2, -0.15) is 0 Å². The van der Waals surface area contributed by atoms with Crippen LogP contribution in [0.4, 0.5) is 0 Å². The van der Waals surface area contributed by atoms with Crippen molar-refractivity contribution < 1.29 is 14.3 Å². The van der Waals surface area contributed by atoms with Gasteiger partial charge in [0.05, 0.1) is 6.54 Å². The van der Waals surface area contributed by atoms with E-state index in [9.17, 15) is 4.79 Å². The number of aromatic carboxylic acids is 1. The van der Waals surface area contributed by atoms with E-state index in [-0.39, 0.29) is 5.76 Å². The van der Waals surface area contributed by atoms with Gasteiger partial charge in [-0.3, -0.25) is 0 Å². The van der Waals surface area contributed by atoms with Gasteiger partial charge in [0.2, 0.25) is 5.76 Å². The van der Waals surface area contributed by atoms with Gasteiger partial charge in [-0.15, -0.1) is 0 Å². The number of carbonyl (C=O) groups is 1. The Bertz CT molecular complexity index is 411. The molecule has 0 aliphatic heterocycles. The third kappa shape index (κ3) is 4.08. The van der Waals surface area contributed by atoms with Crippen LogP contribution in [-0.4, -0.2) is 42.2 Å². The number of nitrogens with zero attached hydrogens (tertiary/aromatic N) is 1. The number of hydrogen-bond acceptors (Lipinski definition) is 4. The maximum absolute atomic E-state index is 10.7. The van der Waals surface area contributed by atoms with Crippen molar-refractivity contribution in [3.05, 3.63) is 23.7 Å². The summed E-state index contributed by atoms with van der Waals surface area (Å²) in [5.41, 5.74) is 0. The summed E-state index contributed by atoms with van der Waals surface area (Å²) in [7, 11) is 2.17. The molecule has 106 valence electrons. The van der Waals surface area contributed by atoms with Crippen molar-refractivity contribution in [2.45, 2.75) is 38.3 Å². The Labute approximate surface area is 113 Å². The van der Waals surface area contributed by atoms with E-state index in [0.717, 1.165) is 19.1 Å². The molecule has 1 heterocycles. The minimum absolute atomic E-state index is 0.000117. The molecular weight excluding hydrogens is 244 g/mol. The second kappa shape index (κ2) is 6.73. The lowest BCUT2D eigenvalue weighted by Crippen LogP contribution is -2.35. The minimum atomic E-state index is -1.02. The molecule has 1 fully saturated rings. The fourth-order valence-electron chi connectivity index (χ4n) is 2.58. The summed E-state index contributed by atoms with van der Waals surface area (Å²) in [4.78, 5) is 13.1. The van der Waals surface area contributed by atoms with Gasteiger partial charge in [0.25, 0.3) is 0 Å². The van der Waals surface area contributed by atoms with Crippen LogP contribution in [0.2, 0.25) is 0 Å². The third-order valence-corrected chi connectivity index (χ3v) is 3.76. The number of likely N-dealkylation sites (N-methyl/N-ethyl adjacent to an activating group) is 1. The highest BCUT2D eigenvalue weighted by Crippen LogP contribution is 2.21. The Morgan fingerprint density at radius 3 is 2.84 bits per heavy atom. The number of hydrogen-bond donors (Lipinski definition) is 2. The van der Waals surface area contributed by atoms with E-state index < -0.39 is 5.97 Å². The van der Waals surface area contributed by atoms with Gasteiger partial charge < -0.3 is 19.7 Å². The second-order valence-corrected chi connectivity index (χ2v) is 5.17. The van der Waals surface area contributed by atoms with Crippen LogP contribution < -0.4 is 5.32 Å². The molecule has 5 nitrogen and oxygen atoms in total. The first-order chi connectivity index (χ1) is 9.16. The molecule has 0 aromatic carbocycles. The predicted molar refractivity (Wildman–Crippen MR) is 72.3 cm³/mol. The number of furan rings is 1. The molecule has 19 heavy (non-hydrogen) atoms. The highest BCUT2D eigenvalue weighted by Gasteiger charge is 2.18. The van der Waals surface area contributed by atoms with Crippen molar-refractivity contribution in [1.29, 1.82) is 0 Å². The van der Waals surface area contributed by atoms with Crippen LogP contribution in [0.3, 0.4) is 0 Å². The Balaban J connectivity index is 1.64. The van der Waals surface area contributed by atoms with Crippen LogP contribution in [0.15, 0.2) is 16.5 Å². The van der Waals surface area contributed by atoms with Crippen molar-refractivity contribution >= 4 is 5.97 Å². The second-order valence-electron chi connectivity index (χ2n) is 5.17. The molecule has 1 aromatic rings. The SMILES string of the molecule is CN(CCNCc1ccc(C(=O)O)o1)C1CCCC1. The number of carboxylic acids is 1. The molecule has 2 rings (SSSR count). The van der Waals surface area contributed by atoms with Crippen molar-refractivity contribution in [1.82, 2.24) is 10.2 Å². The number of nitrogens with one attached hydrogen (secondary N) is 1. The smallest absolute Gasteiger partial charge is 0.371 e. The van der Waals surface area contributed by atoms with Crippen molar-refractivity contribution in [2.75, 3.05) is 20.1 Å². The van der Waals surface area contributed by atoms with Gasteiger partial charge in [0.15, 0.2) is 0 Å². The molecule has 1 aromatic heterocycles. The highest BCUT2D eigenvalue weighted by molar-refractivity contribution is 5.84. The van der Waals surface area contributed by atoms with Crippen molar-refractivity contribution in [2.24, 2.45) is 0 Å². The summed E-state index contributed by atoms with van der Waals surface area (Å²) >= 11 is 0. The molecule has 1 saturated carbocycles. The van der Waals surface area contributed by atoms with E-state index in [0.29, 0.717) is 12.3 Å². The summed E-state index contributed by atoms with van der Waals surface area (Å²) in [6, 6.07) is 3.94. The van der Waals surface area contributed by atoms with Crippen molar-refractivity contribution in [3.8, 4) is 0 Å². The highest BCUT2D eigenvalue weighted by atomic mass is 16.4. The number of rotatable bonds is 7. The molecule has 0 bridgehead atoms. The molecule has 0 unspecified atom stereocenters. The largest absolute Gasteiger partial charge is 0.475 e. The number of carboxylic acid groups (broad SMARTS) is 1. The fourth-order valence-corrected chi connectivity index (χ4v) is 2.58. The molecule has 0 amide bonds. The molecule has 1 aliphatic rings. The molecule has 2 N–H and O–H groups in total. The summed E-state index contributed by atoms with van der Waals surface area (Å²) in [5.74, 6) is -0.354. The zero-order valence-corrected chi connectivity index (χ0v) is 11.4. The molecule has 5 heteroatoms. The van der Waals surface area contributed by atoms with Gasteiger partial charge in [0.1, 0.15) is 5.76 Å². The van der Waals surface area contributed by atoms with E-state index in [4.69, 9.17) is 9.52 Å². The van der Waals surface area contributed by atoms with Gasteiger partial charge in [-0.05, 0) is 32.0 Å². The lowest BCUT2D eigenvalue weighted by atomic mass is 10.2. The van der Waals surface area contributed by atoms with Gasteiger partial charge >= 0.3 is 5.97 Å². The maximum Gasteiger partial charge on any atom is 0.371 e. The first-order valence-electron chi connectivity index (χ1n) is 6.90. The molecule has 0 atom stereocenters. The molecule has 1 aliphatic carbocycles. The normalized spacial score (nSPS) is 16.3. The predicted octanol–water partition coefficient (Wildman–Crippen LogP) is 1.94. The van der Waals surface area contributed by atoms with E-state index >= 15 is 0 Å². The third-order valence-electron chi connectivity index (χ3n) is 3.76. The van der Waals surface area contributed by atoms with E-state index in [1.165, 1.54) is 31.7 Å². The Morgan fingerprint density at radius 1 is 1.47 bits per heavy atom. The molecular formula is C14H22N2O3. The summed E-state index contributed by atoms with van der Waals surface area (Å²) in [6.45, 7) is 2.47. The quantitative estimate of drug-likeness (QED) is 0.738. The van der Waals surface area contributed by atoms with E-state index in [2.05, 4.69) is 17.3 Å². The summed E-state index contributed by atoms with van der Waals surface area (Å²) < 4.78 is 5.18. The maximum atomic E-state index is 10.7. The minimum Gasteiger partial charge on any atom is -0.475 e. The average molecular weight is 266 g/mol. The average Bonchev–Trinajstić information content (AvgIpc) is 3.05. The van der Waals surface area contributed by atoms with Crippen LogP contribution in [0, 0.1) is 0 Å². The van der Waals surface area contributed by atoms with Gasteiger partial charge in [-0.1, -0.05) is 12.8 Å². The fraction of sp³-hybridized carbons (Fsp3) is 0.643. The van der Waals surface area contributed by atoms with Crippen LogP contribution in [0.1, 0.15) is 42.0 Å². The Kier molecular flexibility index (Phi) is 4.99. The monoisotopic (exact) mass is 266 g/mol. The Hall–Kier alpha value is -1.33. The standard InChI is InChI=1S/C14H22N2O3/c1-16(11-4-2-3-5-11)9-8-15-10-12-6-7-13(19-12)14(17)18/h6-7,11,15H,2-5,8-10H2,1H3,(H,17,18). The summed E-state index contributed by atoms with van der Waals surface area (Å²) in [5, 5.41) is 12.0. The molecule has 0 saturated heterocycles. The zero-order valence-electron chi connectivity index (χ0n) is 11.4. The van der Waals surface area contributed by atoms with Crippen molar-refractivity contribution in [3.63, 3.8) is 0 Å². The Morgan fingerprint density at radius 2 is 2.21 bits per heavy atom. The van der Waals surface area contributed by atoms with Crippen LogP contribution in [0.25, 0.3) is 0 Å². The van der Waals surface area contributed by atoms with E-state index in [1.54, 1.807) is 6.07 Å².